The predicted molar refractivity (Wildman–Crippen MR) is 86.4 cm³/mol. The summed E-state index contributed by atoms with van der Waals surface area (Å²) in [4.78, 5) is 14.4. The fourth-order valence-corrected chi connectivity index (χ4v) is 2.84. The predicted octanol–water partition coefficient (Wildman–Crippen LogP) is 1.04. The number of nitrogens with one attached hydrogen (secondary N) is 1. The highest BCUT2D eigenvalue weighted by molar-refractivity contribution is 7.80. The summed E-state index contributed by atoms with van der Waals surface area (Å²) in [5.41, 5.74) is 7.55. The SMILES string of the molecule is CCC1C(=O)NCCN1Cc1ccc(OC)c(C(N)=S)c1. The first-order valence-electron chi connectivity index (χ1n) is 7.05. The van der Waals surface area contributed by atoms with Crippen molar-refractivity contribution in [2.75, 3.05) is 20.2 Å². The van der Waals surface area contributed by atoms with Crippen molar-refractivity contribution in [3.63, 3.8) is 0 Å². The molecule has 5 nitrogen and oxygen atoms in total. The highest BCUT2D eigenvalue weighted by Gasteiger charge is 2.27. The molecule has 0 spiro atoms. The summed E-state index contributed by atoms with van der Waals surface area (Å²) in [7, 11) is 1.60. The second kappa shape index (κ2) is 6.87. The number of amides is 1. The van der Waals surface area contributed by atoms with Gasteiger partial charge in [-0.15, -0.1) is 0 Å². The lowest BCUT2D eigenvalue weighted by Crippen LogP contribution is -2.54. The molecular weight excluding hydrogens is 286 g/mol. The smallest absolute Gasteiger partial charge is 0.237 e. The van der Waals surface area contributed by atoms with Crippen LogP contribution in [0.4, 0.5) is 0 Å². The number of benzene rings is 1. The molecular formula is C15H21N3O2S. The minimum Gasteiger partial charge on any atom is -0.496 e. The largest absolute Gasteiger partial charge is 0.496 e. The quantitative estimate of drug-likeness (QED) is 0.796. The second-order valence-corrected chi connectivity index (χ2v) is 5.52. The van der Waals surface area contributed by atoms with E-state index in [0.717, 1.165) is 24.1 Å². The Morgan fingerprint density at radius 2 is 2.33 bits per heavy atom. The lowest BCUT2D eigenvalue weighted by Gasteiger charge is -2.34. The van der Waals surface area contributed by atoms with Crippen LogP contribution in [-0.2, 0) is 11.3 Å². The zero-order chi connectivity index (χ0) is 15.4. The van der Waals surface area contributed by atoms with Crippen molar-refractivity contribution in [2.24, 2.45) is 5.73 Å². The molecule has 0 radical (unpaired) electrons. The van der Waals surface area contributed by atoms with Gasteiger partial charge < -0.3 is 15.8 Å². The molecule has 3 N–H and O–H groups in total. The molecule has 6 heteroatoms. The van der Waals surface area contributed by atoms with Crippen LogP contribution in [-0.4, -0.2) is 42.0 Å². The summed E-state index contributed by atoms with van der Waals surface area (Å²) in [5.74, 6) is 0.779. The second-order valence-electron chi connectivity index (χ2n) is 5.08. The minimum atomic E-state index is -0.0749. The van der Waals surface area contributed by atoms with Gasteiger partial charge in [-0.2, -0.15) is 0 Å². The third kappa shape index (κ3) is 3.51. The van der Waals surface area contributed by atoms with Gasteiger partial charge in [-0.1, -0.05) is 25.2 Å². The summed E-state index contributed by atoms with van der Waals surface area (Å²) < 4.78 is 5.27. The maximum atomic E-state index is 11.9. The third-order valence-electron chi connectivity index (χ3n) is 3.74. The Morgan fingerprint density at radius 1 is 1.57 bits per heavy atom. The Morgan fingerprint density at radius 3 is 2.95 bits per heavy atom. The van der Waals surface area contributed by atoms with Gasteiger partial charge in [0.1, 0.15) is 10.7 Å². The molecule has 1 amide bonds. The highest BCUT2D eigenvalue weighted by atomic mass is 32.1. The van der Waals surface area contributed by atoms with E-state index in [4.69, 9.17) is 22.7 Å². The van der Waals surface area contributed by atoms with Crippen LogP contribution in [0.25, 0.3) is 0 Å². The number of thiocarbonyl (C=S) groups is 1. The van der Waals surface area contributed by atoms with Gasteiger partial charge in [0.2, 0.25) is 5.91 Å². The maximum absolute atomic E-state index is 11.9. The average molecular weight is 307 g/mol. The molecule has 1 saturated heterocycles. The molecule has 0 bridgehead atoms. The van der Waals surface area contributed by atoms with Crippen molar-refractivity contribution in [2.45, 2.75) is 25.9 Å². The molecule has 0 aliphatic carbocycles. The van der Waals surface area contributed by atoms with Gasteiger partial charge in [-0.25, -0.2) is 0 Å². The minimum absolute atomic E-state index is 0.0749. The maximum Gasteiger partial charge on any atom is 0.237 e. The molecule has 1 aliphatic rings. The van der Waals surface area contributed by atoms with Crippen LogP contribution in [0.3, 0.4) is 0 Å². The summed E-state index contributed by atoms with van der Waals surface area (Å²) in [5, 5.41) is 2.91. The van der Waals surface area contributed by atoms with Crippen LogP contribution in [0.2, 0.25) is 0 Å². The monoisotopic (exact) mass is 307 g/mol. The standard InChI is InChI=1S/C15H21N3O2S/c1-3-12-15(19)17-6-7-18(12)9-10-4-5-13(20-2)11(8-10)14(16)21/h4-5,8,12H,3,6-7,9H2,1-2H3,(H2,16,21)(H,17,19). The summed E-state index contributed by atoms with van der Waals surface area (Å²) >= 11 is 5.06. The Hall–Kier alpha value is -1.66. The fraction of sp³-hybridized carbons (Fsp3) is 0.467. The Balaban J connectivity index is 2.20. The number of hydrogen-bond donors (Lipinski definition) is 2. The molecule has 2 rings (SSSR count). The molecule has 1 aromatic rings. The Labute approximate surface area is 130 Å². The van der Waals surface area contributed by atoms with E-state index in [9.17, 15) is 4.79 Å². The molecule has 21 heavy (non-hydrogen) atoms. The first-order chi connectivity index (χ1) is 10.1. The van der Waals surface area contributed by atoms with Crippen molar-refractivity contribution in [3.8, 4) is 5.75 Å². The van der Waals surface area contributed by atoms with Crippen LogP contribution >= 0.6 is 12.2 Å². The zero-order valence-electron chi connectivity index (χ0n) is 12.4. The number of nitrogens with zero attached hydrogens (tertiary/aromatic N) is 1. The number of carbonyl (C=O) groups is 1. The van der Waals surface area contributed by atoms with E-state index >= 15 is 0 Å². The van der Waals surface area contributed by atoms with E-state index in [0.29, 0.717) is 23.8 Å². The zero-order valence-corrected chi connectivity index (χ0v) is 13.2. The lowest BCUT2D eigenvalue weighted by molar-refractivity contribution is -0.129. The number of nitrogens with two attached hydrogens (primary N) is 1. The molecule has 1 aliphatic heterocycles. The van der Waals surface area contributed by atoms with Gasteiger partial charge in [0.15, 0.2) is 0 Å². The van der Waals surface area contributed by atoms with Crippen molar-refractivity contribution in [3.05, 3.63) is 29.3 Å². The topological polar surface area (TPSA) is 67.6 Å². The number of carbonyl (C=O) groups excluding carboxylic acids is 1. The summed E-state index contributed by atoms with van der Waals surface area (Å²) in [6, 6.07) is 5.73. The highest BCUT2D eigenvalue weighted by Crippen LogP contribution is 2.22. The molecule has 1 atom stereocenters. The first-order valence-corrected chi connectivity index (χ1v) is 7.46. The lowest BCUT2D eigenvalue weighted by atomic mass is 10.1. The molecule has 1 heterocycles. The molecule has 0 aromatic heterocycles. The molecule has 1 aromatic carbocycles. The van der Waals surface area contributed by atoms with Crippen LogP contribution in [0.5, 0.6) is 5.75 Å². The van der Waals surface area contributed by atoms with Crippen LogP contribution in [0.15, 0.2) is 18.2 Å². The normalized spacial score (nSPS) is 19.1. The van der Waals surface area contributed by atoms with E-state index in [1.54, 1.807) is 7.11 Å². The molecule has 1 unspecified atom stereocenters. The fourth-order valence-electron chi connectivity index (χ4n) is 2.68. The van der Waals surface area contributed by atoms with Gasteiger partial charge >= 0.3 is 0 Å². The Bertz CT molecular complexity index is 548. The Kier molecular flexibility index (Phi) is 5.14. The number of hydrogen-bond acceptors (Lipinski definition) is 4. The van der Waals surface area contributed by atoms with Crippen LogP contribution in [0, 0.1) is 0 Å². The number of methoxy groups -OCH3 is 1. The van der Waals surface area contributed by atoms with Crippen molar-refractivity contribution in [1.29, 1.82) is 0 Å². The molecule has 0 saturated carbocycles. The van der Waals surface area contributed by atoms with E-state index in [2.05, 4.69) is 10.2 Å². The summed E-state index contributed by atoms with van der Waals surface area (Å²) in [6.07, 6.45) is 0.796. The van der Waals surface area contributed by atoms with Gasteiger partial charge in [0.05, 0.1) is 18.7 Å². The molecule has 114 valence electrons. The van der Waals surface area contributed by atoms with E-state index in [1.165, 1.54) is 0 Å². The molecule has 1 fully saturated rings. The third-order valence-corrected chi connectivity index (χ3v) is 3.96. The van der Waals surface area contributed by atoms with Gasteiger partial charge in [0.25, 0.3) is 0 Å². The van der Waals surface area contributed by atoms with Crippen molar-refractivity contribution >= 4 is 23.1 Å². The van der Waals surface area contributed by atoms with E-state index < -0.39 is 0 Å². The van der Waals surface area contributed by atoms with Crippen molar-refractivity contribution < 1.29 is 9.53 Å². The average Bonchev–Trinajstić information content (AvgIpc) is 2.47. The van der Waals surface area contributed by atoms with Gasteiger partial charge in [-0.3, -0.25) is 9.69 Å². The van der Waals surface area contributed by atoms with E-state index in [1.807, 2.05) is 25.1 Å². The van der Waals surface area contributed by atoms with Gasteiger partial charge in [-0.05, 0) is 24.1 Å². The number of ether oxygens (including phenoxy) is 1. The van der Waals surface area contributed by atoms with Crippen LogP contribution in [0.1, 0.15) is 24.5 Å². The number of rotatable bonds is 5. The van der Waals surface area contributed by atoms with Gasteiger partial charge in [0, 0.05) is 19.6 Å². The van der Waals surface area contributed by atoms with Crippen molar-refractivity contribution in [1.82, 2.24) is 10.2 Å². The summed E-state index contributed by atoms with van der Waals surface area (Å²) in [6.45, 7) is 4.26. The van der Waals surface area contributed by atoms with E-state index in [-0.39, 0.29) is 11.9 Å². The van der Waals surface area contributed by atoms with Crippen LogP contribution < -0.4 is 15.8 Å². The first kappa shape index (κ1) is 15.7. The number of piperazine rings is 1.